The Labute approximate surface area is 215 Å². The predicted octanol–water partition coefficient (Wildman–Crippen LogP) is 2.62. The number of aryl methyl sites for hydroxylation is 2. The minimum absolute atomic E-state index is 0.131. The van der Waals surface area contributed by atoms with Crippen LogP contribution in [0.1, 0.15) is 50.1 Å². The number of aromatic nitrogens is 7. The maximum Gasteiger partial charge on any atom is 0.270 e. The molecule has 3 aromatic heterocycles. The van der Waals surface area contributed by atoms with Crippen molar-refractivity contribution in [3.8, 4) is 11.4 Å². The molecule has 0 spiro atoms. The second-order valence-corrected chi connectivity index (χ2v) is 9.58. The molecule has 1 aliphatic carbocycles. The van der Waals surface area contributed by atoms with Crippen molar-refractivity contribution >= 4 is 33.4 Å². The van der Waals surface area contributed by atoms with Crippen LogP contribution >= 0.6 is 11.5 Å². The van der Waals surface area contributed by atoms with E-state index in [4.69, 9.17) is 0 Å². The second-order valence-electron chi connectivity index (χ2n) is 8.75. The van der Waals surface area contributed by atoms with E-state index >= 15 is 0 Å². The van der Waals surface area contributed by atoms with Gasteiger partial charge in [0.05, 0.1) is 17.8 Å². The quantitative estimate of drug-likeness (QED) is 0.355. The van der Waals surface area contributed by atoms with E-state index in [9.17, 15) is 9.59 Å². The lowest BCUT2D eigenvalue weighted by Gasteiger charge is -2.14. The maximum atomic E-state index is 13.0. The Hall–Kier alpha value is -4.58. The number of benzene rings is 2. The van der Waals surface area contributed by atoms with Gasteiger partial charge in [-0.3, -0.25) is 9.59 Å². The number of amides is 2. The largest absolute Gasteiger partial charge is 0.347 e. The molecule has 11 nitrogen and oxygen atoms in total. The van der Waals surface area contributed by atoms with Crippen molar-refractivity contribution in [1.82, 2.24) is 45.2 Å². The SMILES string of the molecule is Cn1nnc(-c2ccc3c(c2)CC[C@@H]3NC(=O)c2cc(C(=O)NCc3ccc4cnsc4c3)ncn2)n1. The molecule has 0 aliphatic heterocycles. The normalized spacial score (nSPS) is 14.5. The standard InChI is InChI=1S/C25H21N9O2S/c1-34-32-23(31-33-34)16-4-6-18-15(9-16)5-7-19(18)30-25(36)21-10-20(27-13-28-21)24(35)26-11-14-2-3-17-12-29-37-22(17)8-14/h2-4,6,8-10,12-13,19H,5,7,11H2,1H3,(H,26,35)(H,30,36)/t19-/m0/s1. The van der Waals surface area contributed by atoms with Gasteiger partial charge < -0.3 is 10.6 Å². The summed E-state index contributed by atoms with van der Waals surface area (Å²) < 4.78 is 5.23. The summed E-state index contributed by atoms with van der Waals surface area (Å²) in [7, 11) is 1.72. The highest BCUT2D eigenvalue weighted by atomic mass is 32.1. The topological polar surface area (TPSA) is 140 Å². The van der Waals surface area contributed by atoms with Gasteiger partial charge in [0.1, 0.15) is 17.7 Å². The fourth-order valence-electron chi connectivity index (χ4n) is 4.43. The molecule has 2 aromatic carbocycles. The molecule has 0 bridgehead atoms. The van der Waals surface area contributed by atoms with Crippen LogP contribution in [-0.2, 0) is 20.0 Å². The molecule has 5 aromatic rings. The molecule has 6 rings (SSSR count). The minimum atomic E-state index is -0.378. The summed E-state index contributed by atoms with van der Waals surface area (Å²) >= 11 is 1.41. The Kier molecular flexibility index (Phi) is 5.85. The zero-order chi connectivity index (χ0) is 25.4. The number of nitrogens with zero attached hydrogens (tertiary/aromatic N) is 7. The third-order valence-corrected chi connectivity index (χ3v) is 7.06. The van der Waals surface area contributed by atoms with E-state index in [1.165, 1.54) is 28.7 Å². The van der Waals surface area contributed by atoms with Crippen LogP contribution in [0.3, 0.4) is 0 Å². The lowest BCUT2D eigenvalue weighted by atomic mass is 10.0. The smallest absolute Gasteiger partial charge is 0.270 e. The average molecular weight is 512 g/mol. The monoisotopic (exact) mass is 511 g/mol. The van der Waals surface area contributed by atoms with Crippen molar-refractivity contribution in [3.63, 3.8) is 0 Å². The van der Waals surface area contributed by atoms with Gasteiger partial charge >= 0.3 is 0 Å². The highest BCUT2D eigenvalue weighted by Crippen LogP contribution is 2.33. The first-order valence-corrected chi connectivity index (χ1v) is 12.4. The fraction of sp³-hybridized carbons (Fsp3) is 0.200. The third kappa shape index (κ3) is 4.66. The number of tetrazole rings is 1. The number of hydrogen-bond acceptors (Lipinski definition) is 9. The van der Waals surface area contributed by atoms with Crippen molar-refractivity contribution in [2.75, 3.05) is 0 Å². The highest BCUT2D eigenvalue weighted by Gasteiger charge is 2.26. The van der Waals surface area contributed by atoms with E-state index in [-0.39, 0.29) is 29.2 Å². The molecule has 3 heterocycles. The Morgan fingerprint density at radius 2 is 1.95 bits per heavy atom. The van der Waals surface area contributed by atoms with Gasteiger partial charge in [-0.05, 0) is 58.4 Å². The predicted molar refractivity (Wildman–Crippen MR) is 136 cm³/mol. The lowest BCUT2D eigenvalue weighted by molar-refractivity contribution is 0.0931. The van der Waals surface area contributed by atoms with Crippen LogP contribution < -0.4 is 10.6 Å². The molecule has 0 fully saturated rings. The summed E-state index contributed by atoms with van der Waals surface area (Å²) in [5.41, 5.74) is 4.29. The van der Waals surface area contributed by atoms with Gasteiger partial charge in [0, 0.05) is 29.8 Å². The van der Waals surface area contributed by atoms with Gasteiger partial charge in [0.15, 0.2) is 0 Å². The zero-order valence-electron chi connectivity index (χ0n) is 19.8. The molecule has 0 saturated heterocycles. The molecule has 184 valence electrons. The number of carbonyl (C=O) groups excluding carboxylic acids is 2. The molecule has 1 aliphatic rings. The number of rotatable bonds is 6. The van der Waals surface area contributed by atoms with Crippen LogP contribution in [0.15, 0.2) is 55.0 Å². The molecule has 2 N–H and O–H groups in total. The second kappa shape index (κ2) is 9.47. The van der Waals surface area contributed by atoms with E-state index in [0.29, 0.717) is 12.4 Å². The van der Waals surface area contributed by atoms with Gasteiger partial charge in [0.25, 0.3) is 11.8 Å². The van der Waals surface area contributed by atoms with Crippen molar-refractivity contribution < 1.29 is 9.59 Å². The maximum absolute atomic E-state index is 13.0. The highest BCUT2D eigenvalue weighted by molar-refractivity contribution is 7.13. The zero-order valence-corrected chi connectivity index (χ0v) is 20.6. The number of fused-ring (bicyclic) bond motifs is 2. The molecule has 0 saturated carbocycles. The molecule has 12 heteroatoms. The van der Waals surface area contributed by atoms with Crippen molar-refractivity contribution in [1.29, 1.82) is 0 Å². The minimum Gasteiger partial charge on any atom is -0.347 e. The van der Waals surface area contributed by atoms with Gasteiger partial charge in [-0.15, -0.1) is 10.2 Å². The average Bonchev–Trinajstić information content (AvgIpc) is 3.67. The van der Waals surface area contributed by atoms with Crippen molar-refractivity contribution in [2.24, 2.45) is 7.05 Å². The van der Waals surface area contributed by atoms with Crippen molar-refractivity contribution in [3.05, 3.63) is 83.1 Å². The van der Waals surface area contributed by atoms with Crippen LogP contribution in [0.25, 0.3) is 21.5 Å². The lowest BCUT2D eigenvalue weighted by Crippen LogP contribution is -2.29. The van der Waals surface area contributed by atoms with E-state index in [2.05, 4.69) is 40.4 Å². The van der Waals surface area contributed by atoms with Gasteiger partial charge in [-0.25, -0.2) is 9.97 Å². The van der Waals surface area contributed by atoms with Crippen LogP contribution in [0.5, 0.6) is 0 Å². The molecular weight excluding hydrogens is 490 g/mol. The van der Waals surface area contributed by atoms with E-state index in [0.717, 1.165) is 45.2 Å². The van der Waals surface area contributed by atoms with Gasteiger partial charge in [-0.1, -0.05) is 24.3 Å². The number of hydrogen-bond donors (Lipinski definition) is 2. The van der Waals surface area contributed by atoms with Gasteiger partial charge in [0.2, 0.25) is 5.82 Å². The third-order valence-electron chi connectivity index (χ3n) is 6.30. The van der Waals surface area contributed by atoms with E-state index in [1.54, 1.807) is 7.05 Å². The Bertz CT molecular complexity index is 1640. The van der Waals surface area contributed by atoms with Crippen LogP contribution in [0.4, 0.5) is 0 Å². The van der Waals surface area contributed by atoms with Crippen LogP contribution in [-0.4, -0.2) is 46.4 Å². The Morgan fingerprint density at radius 1 is 1.08 bits per heavy atom. The van der Waals surface area contributed by atoms with Crippen LogP contribution in [0, 0.1) is 0 Å². The first-order valence-electron chi connectivity index (χ1n) is 11.6. The van der Waals surface area contributed by atoms with Crippen molar-refractivity contribution in [2.45, 2.75) is 25.4 Å². The summed E-state index contributed by atoms with van der Waals surface area (Å²) in [6.07, 6.45) is 4.63. The summed E-state index contributed by atoms with van der Waals surface area (Å²) in [5.74, 6) is -0.171. The Morgan fingerprint density at radius 3 is 2.78 bits per heavy atom. The first-order chi connectivity index (χ1) is 18.0. The first kappa shape index (κ1) is 22.9. The van der Waals surface area contributed by atoms with Gasteiger partial charge in [-0.2, -0.15) is 9.17 Å². The summed E-state index contributed by atoms with van der Waals surface area (Å²) in [5, 5.41) is 19.2. The molecule has 0 unspecified atom stereocenters. The van der Waals surface area contributed by atoms with E-state index < -0.39 is 0 Å². The molecule has 2 amide bonds. The molecule has 1 atom stereocenters. The Balaban J connectivity index is 1.11. The fourth-order valence-corrected chi connectivity index (χ4v) is 5.14. The van der Waals surface area contributed by atoms with Crippen LogP contribution in [0.2, 0.25) is 0 Å². The molecule has 37 heavy (non-hydrogen) atoms. The summed E-state index contributed by atoms with van der Waals surface area (Å²) in [4.78, 5) is 35.3. The number of nitrogens with one attached hydrogen (secondary N) is 2. The molecule has 0 radical (unpaired) electrons. The summed E-state index contributed by atoms with van der Waals surface area (Å²) in [6.45, 7) is 0.336. The van der Waals surface area contributed by atoms with E-state index in [1.807, 2.05) is 42.6 Å². The number of carbonyl (C=O) groups is 2. The summed E-state index contributed by atoms with van der Waals surface area (Å²) in [6, 6.07) is 13.1. The molecular formula is C25H21N9O2S.